The predicted molar refractivity (Wildman–Crippen MR) is 71.5 cm³/mol. The third-order valence-corrected chi connectivity index (χ3v) is 3.93. The van der Waals surface area contributed by atoms with E-state index < -0.39 is 0 Å². The van der Waals surface area contributed by atoms with E-state index in [1.54, 1.807) is 0 Å². The van der Waals surface area contributed by atoms with Crippen molar-refractivity contribution in [1.29, 1.82) is 0 Å². The smallest absolute Gasteiger partial charge is 0.167 e. The van der Waals surface area contributed by atoms with Crippen LogP contribution in [0, 0.1) is 12.8 Å². The normalized spacial score (nSPS) is 22.1. The van der Waals surface area contributed by atoms with Crippen molar-refractivity contribution in [3.05, 3.63) is 47.0 Å². The molecule has 0 heterocycles. The van der Waals surface area contributed by atoms with Crippen LogP contribution in [0.25, 0.3) is 0 Å². The number of benzene rings is 1. The number of ketones is 1. The molecule has 90 valence electrons. The van der Waals surface area contributed by atoms with Crippen LogP contribution < -0.4 is 0 Å². The molecule has 0 saturated heterocycles. The highest BCUT2D eigenvalue weighted by atomic mass is 16.1. The molecule has 1 heteroatoms. The molecule has 2 rings (SSSR count). The molecule has 1 aromatic rings. The Morgan fingerprint density at radius 2 is 2.06 bits per heavy atom. The van der Waals surface area contributed by atoms with E-state index in [1.165, 1.54) is 11.1 Å². The van der Waals surface area contributed by atoms with Crippen molar-refractivity contribution in [3.8, 4) is 0 Å². The fraction of sp³-hybridized carbons (Fsp3) is 0.438. The average Bonchev–Trinajstić information content (AvgIpc) is 2.45. The number of allylic oxidation sites excluding steroid dienone is 2. The Kier molecular flexibility index (Phi) is 2.94. The molecule has 0 aliphatic heterocycles. The minimum absolute atomic E-state index is 0.0420. The van der Waals surface area contributed by atoms with Gasteiger partial charge in [0, 0.05) is 16.9 Å². The Hall–Kier alpha value is -1.37. The summed E-state index contributed by atoms with van der Waals surface area (Å²) in [6.07, 6.45) is 4.97. The van der Waals surface area contributed by atoms with Gasteiger partial charge in [0.15, 0.2) is 5.78 Å². The summed E-state index contributed by atoms with van der Waals surface area (Å²) in [5, 5.41) is 0. The summed E-state index contributed by atoms with van der Waals surface area (Å²) in [5.41, 5.74) is 3.27. The van der Waals surface area contributed by atoms with Gasteiger partial charge in [-0.05, 0) is 31.9 Å². The Morgan fingerprint density at radius 3 is 2.71 bits per heavy atom. The quantitative estimate of drug-likeness (QED) is 0.698. The topological polar surface area (TPSA) is 17.1 Å². The van der Waals surface area contributed by atoms with E-state index in [9.17, 15) is 4.79 Å². The molecule has 0 radical (unpaired) electrons. The number of rotatable bonds is 2. The second-order valence-electron chi connectivity index (χ2n) is 5.49. The highest BCUT2D eigenvalue weighted by Gasteiger charge is 2.44. The largest absolute Gasteiger partial charge is 0.294 e. The highest BCUT2D eigenvalue weighted by Crippen LogP contribution is 2.44. The zero-order chi connectivity index (χ0) is 12.6. The van der Waals surface area contributed by atoms with Crippen LogP contribution in [0.15, 0.2) is 30.4 Å². The van der Waals surface area contributed by atoms with Crippen molar-refractivity contribution in [2.24, 2.45) is 5.92 Å². The summed E-state index contributed by atoms with van der Waals surface area (Å²) >= 11 is 0. The second-order valence-corrected chi connectivity index (χ2v) is 5.49. The van der Waals surface area contributed by atoms with Gasteiger partial charge in [-0.25, -0.2) is 0 Å². The van der Waals surface area contributed by atoms with Crippen molar-refractivity contribution >= 4 is 5.78 Å². The fourth-order valence-corrected chi connectivity index (χ4v) is 2.80. The number of Topliss-reactive ketones (excluding diaryl/α,β-unsaturated/α-hetero) is 1. The van der Waals surface area contributed by atoms with Gasteiger partial charge in [0.25, 0.3) is 0 Å². The van der Waals surface area contributed by atoms with E-state index in [0.717, 1.165) is 12.0 Å². The molecule has 0 spiro atoms. The summed E-state index contributed by atoms with van der Waals surface area (Å²) in [5.74, 6) is 0.405. The molecule has 0 unspecified atom stereocenters. The van der Waals surface area contributed by atoms with Gasteiger partial charge in [0.1, 0.15) is 0 Å². The number of aryl methyl sites for hydroxylation is 1. The lowest BCUT2D eigenvalue weighted by Gasteiger charge is -2.26. The first kappa shape index (κ1) is 12.1. The van der Waals surface area contributed by atoms with E-state index in [4.69, 9.17) is 0 Å². The Balaban J connectivity index is 2.48. The van der Waals surface area contributed by atoms with Crippen LogP contribution in [0.2, 0.25) is 0 Å². The van der Waals surface area contributed by atoms with Gasteiger partial charge in [-0.3, -0.25) is 4.79 Å². The molecule has 1 aromatic carbocycles. The standard InChI is InChI=1S/C16H20O/c1-5-6-7-14-15(17)12-10-11(2)8-9-13(12)16(14,3)4/h5-6,8-10,14H,7H2,1-4H3/t14-/m1/s1. The number of fused-ring (bicyclic) bond motifs is 1. The van der Waals surface area contributed by atoms with Gasteiger partial charge in [0.05, 0.1) is 0 Å². The predicted octanol–water partition coefficient (Wildman–Crippen LogP) is 4.05. The van der Waals surface area contributed by atoms with Crippen molar-refractivity contribution in [1.82, 2.24) is 0 Å². The molecule has 1 atom stereocenters. The first-order valence-electron chi connectivity index (χ1n) is 6.25. The lowest BCUT2D eigenvalue weighted by molar-refractivity contribution is 0.0899. The maximum absolute atomic E-state index is 12.4. The SMILES string of the molecule is CC=CC[C@@H]1C(=O)c2cc(C)ccc2C1(C)C. The van der Waals surface area contributed by atoms with E-state index in [-0.39, 0.29) is 11.3 Å². The lowest BCUT2D eigenvalue weighted by Crippen LogP contribution is -2.26. The molecule has 1 aliphatic carbocycles. The molecule has 0 amide bonds. The van der Waals surface area contributed by atoms with Gasteiger partial charge >= 0.3 is 0 Å². The molecular formula is C16H20O. The monoisotopic (exact) mass is 228 g/mol. The van der Waals surface area contributed by atoms with Gasteiger partial charge in [0.2, 0.25) is 0 Å². The maximum Gasteiger partial charge on any atom is 0.167 e. The number of carbonyl (C=O) groups excluding carboxylic acids is 1. The van der Waals surface area contributed by atoms with Gasteiger partial charge < -0.3 is 0 Å². The average molecular weight is 228 g/mol. The van der Waals surface area contributed by atoms with Crippen molar-refractivity contribution in [3.63, 3.8) is 0 Å². The maximum atomic E-state index is 12.4. The fourth-order valence-electron chi connectivity index (χ4n) is 2.80. The van der Waals surface area contributed by atoms with E-state index in [2.05, 4.69) is 32.1 Å². The van der Waals surface area contributed by atoms with Crippen molar-refractivity contribution < 1.29 is 4.79 Å². The first-order valence-corrected chi connectivity index (χ1v) is 6.25. The highest BCUT2D eigenvalue weighted by molar-refractivity contribution is 6.04. The van der Waals surface area contributed by atoms with Gasteiger partial charge in [-0.15, -0.1) is 0 Å². The molecule has 0 bridgehead atoms. The van der Waals surface area contributed by atoms with E-state index in [1.807, 2.05) is 26.0 Å². The summed E-state index contributed by atoms with van der Waals surface area (Å²) in [6.45, 7) is 8.41. The van der Waals surface area contributed by atoms with Crippen LogP contribution in [0.5, 0.6) is 0 Å². The molecule has 0 aromatic heterocycles. The zero-order valence-electron chi connectivity index (χ0n) is 11.1. The van der Waals surface area contributed by atoms with Crippen LogP contribution in [0.4, 0.5) is 0 Å². The van der Waals surface area contributed by atoms with Gasteiger partial charge in [-0.2, -0.15) is 0 Å². The summed E-state index contributed by atoms with van der Waals surface area (Å²) in [6, 6.07) is 6.26. The molecule has 17 heavy (non-hydrogen) atoms. The third kappa shape index (κ3) is 1.84. The van der Waals surface area contributed by atoms with Crippen LogP contribution in [0.3, 0.4) is 0 Å². The Labute approximate surface area is 104 Å². The molecule has 0 N–H and O–H groups in total. The minimum atomic E-state index is -0.0420. The molecule has 1 aliphatic rings. The lowest BCUT2D eigenvalue weighted by atomic mass is 9.76. The third-order valence-electron chi connectivity index (χ3n) is 3.93. The van der Waals surface area contributed by atoms with Crippen LogP contribution >= 0.6 is 0 Å². The summed E-state index contributed by atoms with van der Waals surface area (Å²) < 4.78 is 0. The van der Waals surface area contributed by atoms with Crippen LogP contribution in [0.1, 0.15) is 48.7 Å². The Morgan fingerprint density at radius 1 is 1.35 bits per heavy atom. The number of carbonyl (C=O) groups is 1. The number of hydrogen-bond acceptors (Lipinski definition) is 1. The van der Waals surface area contributed by atoms with E-state index >= 15 is 0 Å². The first-order chi connectivity index (χ1) is 7.98. The molecule has 0 fully saturated rings. The van der Waals surface area contributed by atoms with Crippen LogP contribution in [-0.2, 0) is 5.41 Å². The van der Waals surface area contributed by atoms with E-state index in [0.29, 0.717) is 5.78 Å². The van der Waals surface area contributed by atoms with Crippen molar-refractivity contribution in [2.45, 2.75) is 39.5 Å². The molecule has 0 saturated carbocycles. The summed E-state index contributed by atoms with van der Waals surface area (Å²) in [4.78, 5) is 12.4. The molecular weight excluding hydrogens is 208 g/mol. The molecule has 1 nitrogen and oxygen atoms in total. The Bertz CT molecular complexity index is 480. The second kappa shape index (κ2) is 4.14. The van der Waals surface area contributed by atoms with Crippen molar-refractivity contribution in [2.75, 3.05) is 0 Å². The summed E-state index contributed by atoms with van der Waals surface area (Å²) in [7, 11) is 0. The zero-order valence-corrected chi connectivity index (χ0v) is 11.1. The van der Waals surface area contributed by atoms with Crippen LogP contribution in [-0.4, -0.2) is 5.78 Å². The minimum Gasteiger partial charge on any atom is -0.294 e. The number of hydrogen-bond donors (Lipinski definition) is 0. The van der Waals surface area contributed by atoms with Gasteiger partial charge in [-0.1, -0.05) is 43.7 Å².